The molecule has 0 spiro atoms. The van der Waals surface area contributed by atoms with Crippen molar-refractivity contribution in [1.82, 2.24) is 5.32 Å². The van der Waals surface area contributed by atoms with Crippen LogP contribution in [0.15, 0.2) is 34.8 Å². The van der Waals surface area contributed by atoms with Gasteiger partial charge in [0, 0.05) is 24.1 Å². The van der Waals surface area contributed by atoms with E-state index in [2.05, 4.69) is 54.7 Å². The van der Waals surface area contributed by atoms with E-state index in [1.54, 1.807) is 0 Å². The molecule has 1 rings (SSSR count). The summed E-state index contributed by atoms with van der Waals surface area (Å²) in [5.74, 6) is 0.931. The maximum Gasteiger partial charge on any atom is 0.137 e. The topological polar surface area (TPSA) is 21.3 Å². The molecule has 0 aliphatic carbocycles. The first-order valence-electron chi connectivity index (χ1n) is 6.59. The van der Waals surface area contributed by atoms with Gasteiger partial charge < -0.3 is 10.1 Å². The Kier molecular flexibility index (Phi) is 6.08. The Hall–Kier alpha value is -0.800. The summed E-state index contributed by atoms with van der Waals surface area (Å²) in [6.45, 7) is 13.9. The third-order valence-electron chi connectivity index (χ3n) is 2.63. The molecule has 106 valence electrons. The molecule has 0 aromatic heterocycles. The molecule has 0 bridgehead atoms. The van der Waals surface area contributed by atoms with Crippen LogP contribution < -0.4 is 10.1 Å². The fourth-order valence-corrected chi connectivity index (χ4v) is 2.06. The van der Waals surface area contributed by atoms with Gasteiger partial charge in [0.2, 0.25) is 0 Å². The Labute approximate surface area is 125 Å². The van der Waals surface area contributed by atoms with Crippen molar-refractivity contribution in [2.45, 2.75) is 46.2 Å². The second-order valence-corrected chi connectivity index (χ2v) is 6.74. The molecular weight excluding hydrogens is 302 g/mol. The summed E-state index contributed by atoms with van der Waals surface area (Å²) in [4.78, 5) is 0. The molecule has 2 nitrogen and oxygen atoms in total. The van der Waals surface area contributed by atoms with Gasteiger partial charge in [-0.15, -0.1) is 6.58 Å². The number of hydrogen-bond acceptors (Lipinski definition) is 2. The molecule has 0 heterocycles. The molecule has 19 heavy (non-hydrogen) atoms. The summed E-state index contributed by atoms with van der Waals surface area (Å²) < 4.78 is 6.90. The lowest BCUT2D eigenvalue weighted by Gasteiger charge is -2.22. The predicted molar refractivity (Wildman–Crippen MR) is 85.7 cm³/mol. The highest BCUT2D eigenvalue weighted by molar-refractivity contribution is 9.10. The van der Waals surface area contributed by atoms with Crippen LogP contribution >= 0.6 is 15.9 Å². The minimum Gasteiger partial charge on any atom is -0.492 e. The number of halogens is 1. The fraction of sp³-hybridized carbons (Fsp3) is 0.500. The zero-order valence-electron chi connectivity index (χ0n) is 12.3. The average Bonchev–Trinajstić information content (AvgIpc) is 2.27. The summed E-state index contributed by atoms with van der Waals surface area (Å²) >= 11 is 3.56. The fourth-order valence-electron chi connectivity index (χ4n) is 1.54. The predicted octanol–water partition coefficient (Wildman–Crippen LogP) is 4.68. The summed E-state index contributed by atoms with van der Waals surface area (Å²) in [6.07, 6.45) is 0.882. The van der Waals surface area contributed by atoms with E-state index in [-0.39, 0.29) is 5.54 Å². The normalized spacial score (nSPS) is 11.4. The van der Waals surface area contributed by atoms with E-state index in [9.17, 15) is 0 Å². The molecule has 0 saturated heterocycles. The maximum atomic E-state index is 5.90. The largest absolute Gasteiger partial charge is 0.492 e. The van der Waals surface area contributed by atoms with Gasteiger partial charge in [-0.05, 0) is 49.7 Å². The molecule has 0 atom stereocenters. The molecule has 1 N–H and O–H groups in total. The molecule has 0 fully saturated rings. The first kappa shape index (κ1) is 16.3. The number of benzene rings is 1. The summed E-state index contributed by atoms with van der Waals surface area (Å²) in [5.41, 5.74) is 2.41. The van der Waals surface area contributed by atoms with E-state index in [1.807, 2.05) is 19.1 Å². The van der Waals surface area contributed by atoms with Crippen molar-refractivity contribution in [3.8, 4) is 5.75 Å². The number of nitrogens with one attached hydrogen (secondary N) is 1. The number of hydrogen-bond donors (Lipinski definition) is 1. The molecule has 0 aliphatic rings. The van der Waals surface area contributed by atoms with Crippen molar-refractivity contribution < 1.29 is 4.74 Å². The minimum absolute atomic E-state index is 0.0945. The molecule has 0 unspecified atom stereocenters. The highest BCUT2D eigenvalue weighted by Gasteiger charge is 2.12. The molecule has 1 aromatic carbocycles. The van der Waals surface area contributed by atoms with E-state index in [1.165, 1.54) is 5.56 Å². The van der Waals surface area contributed by atoms with E-state index >= 15 is 0 Å². The van der Waals surface area contributed by atoms with Crippen LogP contribution in [-0.2, 0) is 6.54 Å². The number of ether oxygens (including phenoxy) is 1. The molecule has 3 heteroatoms. The number of rotatable bonds is 6. The second kappa shape index (κ2) is 7.11. The Morgan fingerprint density at radius 1 is 1.37 bits per heavy atom. The van der Waals surface area contributed by atoms with Crippen molar-refractivity contribution in [2.24, 2.45) is 0 Å². The van der Waals surface area contributed by atoms with Crippen LogP contribution in [0.3, 0.4) is 0 Å². The van der Waals surface area contributed by atoms with Crippen molar-refractivity contribution in [3.63, 3.8) is 0 Å². The standard InChI is InChI=1S/C16H24BrNO/c1-12(2)9-10-19-15-13(7-6-8-14(15)17)11-18-16(3,4)5/h6-8,18H,1,9-11H2,2-5H3. The van der Waals surface area contributed by atoms with Gasteiger partial charge in [0.25, 0.3) is 0 Å². The van der Waals surface area contributed by atoms with Gasteiger partial charge >= 0.3 is 0 Å². The van der Waals surface area contributed by atoms with Crippen molar-refractivity contribution >= 4 is 15.9 Å². The Morgan fingerprint density at radius 2 is 2.05 bits per heavy atom. The smallest absolute Gasteiger partial charge is 0.137 e. The van der Waals surface area contributed by atoms with Gasteiger partial charge in [0.1, 0.15) is 5.75 Å². The Morgan fingerprint density at radius 3 is 2.63 bits per heavy atom. The third kappa shape index (κ3) is 6.26. The van der Waals surface area contributed by atoms with E-state index in [0.29, 0.717) is 6.61 Å². The highest BCUT2D eigenvalue weighted by Crippen LogP contribution is 2.29. The lowest BCUT2D eigenvalue weighted by atomic mass is 10.1. The quantitative estimate of drug-likeness (QED) is 0.766. The van der Waals surface area contributed by atoms with Gasteiger partial charge in [-0.1, -0.05) is 17.7 Å². The summed E-state index contributed by atoms with van der Waals surface area (Å²) in [7, 11) is 0. The zero-order chi connectivity index (χ0) is 14.5. The average molecular weight is 326 g/mol. The van der Waals surface area contributed by atoms with E-state index in [0.717, 1.165) is 28.8 Å². The molecule has 0 amide bonds. The van der Waals surface area contributed by atoms with Crippen LogP contribution in [0.1, 0.15) is 39.7 Å². The first-order chi connectivity index (χ1) is 8.79. The minimum atomic E-state index is 0.0945. The Balaban J connectivity index is 2.74. The lowest BCUT2D eigenvalue weighted by Crippen LogP contribution is -2.35. The van der Waals surface area contributed by atoms with Gasteiger partial charge in [-0.2, -0.15) is 0 Å². The SMILES string of the molecule is C=C(C)CCOc1c(Br)cccc1CNC(C)(C)C. The van der Waals surface area contributed by atoms with Gasteiger partial charge in [0.15, 0.2) is 0 Å². The van der Waals surface area contributed by atoms with E-state index in [4.69, 9.17) is 4.74 Å². The van der Waals surface area contributed by atoms with Crippen LogP contribution in [0.2, 0.25) is 0 Å². The van der Waals surface area contributed by atoms with Crippen LogP contribution in [-0.4, -0.2) is 12.1 Å². The van der Waals surface area contributed by atoms with Crippen LogP contribution in [0.5, 0.6) is 5.75 Å². The lowest BCUT2D eigenvalue weighted by molar-refractivity contribution is 0.313. The van der Waals surface area contributed by atoms with Crippen LogP contribution in [0.4, 0.5) is 0 Å². The highest BCUT2D eigenvalue weighted by atomic mass is 79.9. The molecule has 0 aliphatic heterocycles. The maximum absolute atomic E-state index is 5.90. The summed E-state index contributed by atoms with van der Waals surface area (Å²) in [5, 5.41) is 3.49. The molecular formula is C16H24BrNO. The van der Waals surface area contributed by atoms with Crippen LogP contribution in [0.25, 0.3) is 0 Å². The second-order valence-electron chi connectivity index (χ2n) is 5.89. The molecule has 0 saturated carbocycles. The van der Waals surface area contributed by atoms with Gasteiger partial charge in [-0.25, -0.2) is 0 Å². The van der Waals surface area contributed by atoms with Crippen molar-refractivity contribution in [3.05, 3.63) is 40.4 Å². The van der Waals surface area contributed by atoms with Gasteiger partial charge in [0.05, 0.1) is 11.1 Å². The number of para-hydroxylation sites is 1. The Bertz CT molecular complexity index is 435. The zero-order valence-corrected chi connectivity index (χ0v) is 13.9. The monoisotopic (exact) mass is 325 g/mol. The summed E-state index contributed by atoms with van der Waals surface area (Å²) in [6, 6.07) is 6.14. The van der Waals surface area contributed by atoms with Gasteiger partial charge in [-0.3, -0.25) is 0 Å². The van der Waals surface area contributed by atoms with Crippen LogP contribution in [0, 0.1) is 0 Å². The van der Waals surface area contributed by atoms with E-state index < -0.39 is 0 Å². The van der Waals surface area contributed by atoms with Crippen molar-refractivity contribution in [1.29, 1.82) is 0 Å². The first-order valence-corrected chi connectivity index (χ1v) is 7.38. The van der Waals surface area contributed by atoms with Crippen molar-refractivity contribution in [2.75, 3.05) is 6.61 Å². The molecule has 1 aromatic rings. The third-order valence-corrected chi connectivity index (χ3v) is 3.26. The molecule has 0 radical (unpaired) electrons.